The molecule has 1 aromatic carbocycles. The number of ether oxygens (including phenoxy) is 2. The van der Waals surface area contributed by atoms with Crippen LogP contribution in [0.1, 0.15) is 38.3 Å². The molecule has 0 bridgehead atoms. The molecule has 1 atom stereocenters. The summed E-state index contributed by atoms with van der Waals surface area (Å²) in [5.74, 6) is 2.54. The average molecular weight is 377 g/mol. The van der Waals surface area contributed by atoms with E-state index in [4.69, 9.17) is 9.47 Å². The second-order valence-corrected chi connectivity index (χ2v) is 6.68. The van der Waals surface area contributed by atoms with Crippen LogP contribution in [0.3, 0.4) is 0 Å². The van der Waals surface area contributed by atoms with Crippen LogP contribution >= 0.6 is 24.8 Å². The van der Waals surface area contributed by atoms with Gasteiger partial charge in [0.1, 0.15) is 13.2 Å². The van der Waals surface area contributed by atoms with Gasteiger partial charge in [0.2, 0.25) is 0 Å². The number of nitrogens with zero attached hydrogens (tertiary/aromatic N) is 1. The molecule has 0 saturated carbocycles. The van der Waals surface area contributed by atoms with Crippen LogP contribution in [0.15, 0.2) is 18.2 Å². The first kappa shape index (κ1) is 21.4. The molecule has 0 aromatic heterocycles. The van der Waals surface area contributed by atoms with E-state index in [2.05, 4.69) is 42.3 Å². The molecule has 0 radical (unpaired) electrons. The predicted molar refractivity (Wildman–Crippen MR) is 103 cm³/mol. The van der Waals surface area contributed by atoms with Crippen molar-refractivity contribution in [1.82, 2.24) is 10.2 Å². The van der Waals surface area contributed by atoms with Gasteiger partial charge in [0, 0.05) is 32.2 Å². The van der Waals surface area contributed by atoms with Gasteiger partial charge in [0.25, 0.3) is 0 Å². The second-order valence-electron chi connectivity index (χ2n) is 6.68. The lowest BCUT2D eigenvalue weighted by Gasteiger charge is -2.36. The van der Waals surface area contributed by atoms with E-state index in [0.29, 0.717) is 19.3 Å². The predicted octanol–water partition coefficient (Wildman–Crippen LogP) is 3.68. The van der Waals surface area contributed by atoms with E-state index in [0.717, 1.165) is 43.6 Å². The molecular formula is C18H30Cl2N2O2. The highest BCUT2D eigenvalue weighted by Crippen LogP contribution is 2.36. The van der Waals surface area contributed by atoms with Crippen LogP contribution in [0.25, 0.3) is 0 Å². The molecule has 2 aliphatic heterocycles. The third kappa shape index (κ3) is 5.41. The Hall–Kier alpha value is -0.680. The smallest absolute Gasteiger partial charge is 0.161 e. The van der Waals surface area contributed by atoms with E-state index < -0.39 is 0 Å². The van der Waals surface area contributed by atoms with Crippen LogP contribution in [0, 0.1) is 5.92 Å². The Bertz CT molecular complexity index is 494. The molecule has 1 saturated heterocycles. The van der Waals surface area contributed by atoms with Crippen LogP contribution in [0.4, 0.5) is 0 Å². The van der Waals surface area contributed by atoms with Crippen molar-refractivity contribution in [2.75, 3.05) is 39.4 Å². The number of halogens is 2. The van der Waals surface area contributed by atoms with E-state index in [1.165, 1.54) is 18.4 Å². The molecule has 0 spiro atoms. The van der Waals surface area contributed by atoms with Gasteiger partial charge in [0.15, 0.2) is 11.5 Å². The van der Waals surface area contributed by atoms with Gasteiger partial charge in [0.05, 0.1) is 0 Å². The van der Waals surface area contributed by atoms with Crippen LogP contribution < -0.4 is 14.8 Å². The summed E-state index contributed by atoms with van der Waals surface area (Å²) in [6.45, 7) is 10.3. The number of hydrogen-bond acceptors (Lipinski definition) is 4. The van der Waals surface area contributed by atoms with Crippen molar-refractivity contribution in [3.05, 3.63) is 23.8 Å². The molecule has 0 amide bonds. The maximum Gasteiger partial charge on any atom is 0.161 e. The minimum Gasteiger partial charge on any atom is -0.486 e. The van der Waals surface area contributed by atoms with E-state index in [1.54, 1.807) is 0 Å². The number of rotatable bonds is 5. The highest BCUT2D eigenvalue weighted by Gasteiger charge is 2.24. The number of piperazine rings is 1. The Balaban J connectivity index is 0.00000144. The lowest BCUT2D eigenvalue weighted by molar-refractivity contribution is 0.155. The van der Waals surface area contributed by atoms with Crippen LogP contribution in [0.2, 0.25) is 0 Å². The molecule has 1 aromatic rings. The fourth-order valence-electron chi connectivity index (χ4n) is 3.31. The molecule has 1 fully saturated rings. The Morgan fingerprint density at radius 3 is 2.33 bits per heavy atom. The fourth-order valence-corrected chi connectivity index (χ4v) is 3.31. The SMILES string of the molecule is CC(C)CC[C@H](c1ccc2c(c1)OCCO2)N1CCNCC1.Cl.Cl. The first-order valence-corrected chi connectivity index (χ1v) is 8.58. The van der Waals surface area contributed by atoms with Crippen molar-refractivity contribution in [3.8, 4) is 11.5 Å². The molecule has 24 heavy (non-hydrogen) atoms. The lowest BCUT2D eigenvalue weighted by Crippen LogP contribution is -2.45. The zero-order valence-electron chi connectivity index (χ0n) is 14.6. The summed E-state index contributed by atoms with van der Waals surface area (Å²) < 4.78 is 11.4. The van der Waals surface area contributed by atoms with Gasteiger partial charge in [-0.2, -0.15) is 0 Å². The topological polar surface area (TPSA) is 33.7 Å². The first-order chi connectivity index (χ1) is 10.7. The molecule has 0 unspecified atom stereocenters. The Labute approximate surface area is 158 Å². The molecule has 1 N–H and O–H groups in total. The molecule has 6 heteroatoms. The second kappa shape index (κ2) is 10.3. The third-order valence-corrected chi connectivity index (χ3v) is 4.56. The van der Waals surface area contributed by atoms with Gasteiger partial charge in [-0.25, -0.2) is 0 Å². The van der Waals surface area contributed by atoms with Gasteiger partial charge in [-0.3, -0.25) is 4.90 Å². The van der Waals surface area contributed by atoms with E-state index in [1.807, 2.05) is 0 Å². The fraction of sp³-hybridized carbons (Fsp3) is 0.667. The molecular weight excluding hydrogens is 347 g/mol. The number of hydrogen-bond donors (Lipinski definition) is 1. The summed E-state index contributed by atoms with van der Waals surface area (Å²) in [5.41, 5.74) is 1.37. The van der Waals surface area contributed by atoms with Gasteiger partial charge in [-0.15, -0.1) is 24.8 Å². The van der Waals surface area contributed by atoms with E-state index in [-0.39, 0.29) is 24.8 Å². The lowest BCUT2D eigenvalue weighted by atomic mass is 9.95. The van der Waals surface area contributed by atoms with Crippen molar-refractivity contribution >= 4 is 24.8 Å². The largest absolute Gasteiger partial charge is 0.486 e. The van der Waals surface area contributed by atoms with Crippen molar-refractivity contribution in [2.45, 2.75) is 32.7 Å². The van der Waals surface area contributed by atoms with Gasteiger partial charge < -0.3 is 14.8 Å². The number of benzene rings is 1. The number of fused-ring (bicyclic) bond motifs is 1. The van der Waals surface area contributed by atoms with Gasteiger partial charge in [-0.1, -0.05) is 19.9 Å². The molecule has 4 nitrogen and oxygen atoms in total. The number of nitrogens with one attached hydrogen (secondary N) is 1. The maximum absolute atomic E-state index is 5.77. The molecule has 3 rings (SSSR count). The normalized spacial score (nSPS) is 18.5. The highest BCUT2D eigenvalue weighted by molar-refractivity contribution is 5.85. The van der Waals surface area contributed by atoms with E-state index >= 15 is 0 Å². The van der Waals surface area contributed by atoms with Gasteiger partial charge >= 0.3 is 0 Å². The van der Waals surface area contributed by atoms with Crippen LogP contribution in [0.5, 0.6) is 11.5 Å². The standard InChI is InChI=1S/C18H28N2O2.2ClH/c1-14(2)3-5-16(20-9-7-19-8-10-20)15-4-6-17-18(13-15)22-12-11-21-17;;/h4,6,13-14,16,19H,3,5,7-12H2,1-2H3;2*1H/t16-;;/m1../s1. The maximum atomic E-state index is 5.77. The summed E-state index contributed by atoms with van der Waals surface area (Å²) in [6.07, 6.45) is 2.46. The first-order valence-electron chi connectivity index (χ1n) is 8.58. The molecule has 138 valence electrons. The van der Waals surface area contributed by atoms with Crippen LogP contribution in [-0.2, 0) is 0 Å². The minimum atomic E-state index is 0. The summed E-state index contributed by atoms with van der Waals surface area (Å²) in [5, 5.41) is 3.45. The molecule has 2 aliphatic rings. The highest BCUT2D eigenvalue weighted by atomic mass is 35.5. The average Bonchev–Trinajstić information content (AvgIpc) is 2.55. The summed E-state index contributed by atoms with van der Waals surface area (Å²) >= 11 is 0. The van der Waals surface area contributed by atoms with Crippen molar-refractivity contribution in [2.24, 2.45) is 5.92 Å². The summed E-state index contributed by atoms with van der Waals surface area (Å²) in [7, 11) is 0. The van der Waals surface area contributed by atoms with Crippen LogP contribution in [-0.4, -0.2) is 44.3 Å². The minimum absolute atomic E-state index is 0. The van der Waals surface area contributed by atoms with Gasteiger partial charge in [-0.05, 0) is 36.5 Å². The van der Waals surface area contributed by atoms with Crippen molar-refractivity contribution < 1.29 is 9.47 Å². The third-order valence-electron chi connectivity index (χ3n) is 4.56. The van der Waals surface area contributed by atoms with Crippen molar-refractivity contribution in [1.29, 1.82) is 0 Å². The van der Waals surface area contributed by atoms with E-state index in [9.17, 15) is 0 Å². The molecule has 2 heterocycles. The zero-order chi connectivity index (χ0) is 15.4. The zero-order valence-corrected chi connectivity index (χ0v) is 16.3. The molecule has 0 aliphatic carbocycles. The Morgan fingerprint density at radius 1 is 1.00 bits per heavy atom. The summed E-state index contributed by atoms with van der Waals surface area (Å²) in [6, 6.07) is 6.98. The quantitative estimate of drug-likeness (QED) is 0.849. The Kier molecular flexibility index (Phi) is 9.21. The monoisotopic (exact) mass is 376 g/mol. The summed E-state index contributed by atoms with van der Waals surface area (Å²) in [4.78, 5) is 2.62. The Morgan fingerprint density at radius 2 is 1.67 bits per heavy atom. The van der Waals surface area contributed by atoms with Crippen molar-refractivity contribution in [3.63, 3.8) is 0 Å².